The van der Waals surface area contributed by atoms with E-state index in [1.165, 1.54) is 19.3 Å². The molecule has 0 aliphatic rings. The van der Waals surface area contributed by atoms with Crippen LogP contribution in [-0.2, 0) is 6.42 Å². The lowest BCUT2D eigenvalue weighted by Crippen LogP contribution is -2.01. The van der Waals surface area contributed by atoms with E-state index in [4.69, 9.17) is 9.47 Å². The average molecular weight is 274 g/mol. The lowest BCUT2D eigenvalue weighted by Gasteiger charge is -2.13. The maximum atomic E-state index is 5.89. The molecular formula is C18H26O2. The monoisotopic (exact) mass is 274 g/mol. The molecule has 0 radical (unpaired) electrons. The van der Waals surface area contributed by atoms with Crippen molar-refractivity contribution in [2.45, 2.75) is 38.5 Å². The molecule has 0 N–H and O–H groups in total. The summed E-state index contributed by atoms with van der Waals surface area (Å²) in [6.07, 6.45) is 10.5. The number of ether oxygens (including phenoxy) is 2. The van der Waals surface area contributed by atoms with E-state index < -0.39 is 0 Å². The summed E-state index contributed by atoms with van der Waals surface area (Å²) in [5.74, 6) is 1.78. The Balaban J connectivity index is 2.42. The van der Waals surface area contributed by atoms with E-state index in [1.807, 2.05) is 30.4 Å². The van der Waals surface area contributed by atoms with Crippen LogP contribution >= 0.6 is 0 Å². The highest BCUT2D eigenvalue weighted by Gasteiger charge is 2.08. The van der Waals surface area contributed by atoms with Gasteiger partial charge in [0.1, 0.15) is 11.5 Å². The zero-order chi connectivity index (χ0) is 14.6. The van der Waals surface area contributed by atoms with Gasteiger partial charge in [0, 0.05) is 5.56 Å². The van der Waals surface area contributed by atoms with E-state index in [-0.39, 0.29) is 0 Å². The van der Waals surface area contributed by atoms with Gasteiger partial charge >= 0.3 is 0 Å². The van der Waals surface area contributed by atoms with Crippen molar-refractivity contribution in [3.8, 4) is 11.5 Å². The van der Waals surface area contributed by atoms with Crippen LogP contribution in [0.4, 0.5) is 0 Å². The third-order valence-corrected chi connectivity index (χ3v) is 3.22. The molecule has 20 heavy (non-hydrogen) atoms. The summed E-state index contributed by atoms with van der Waals surface area (Å²) in [6.45, 7) is 8.28. The third kappa shape index (κ3) is 5.52. The SMILES string of the molecule is C=CCCCCCCOc1cccc(OC)c1CC=C. The Morgan fingerprint density at radius 1 is 1.00 bits per heavy atom. The Bertz CT molecular complexity index is 410. The molecular weight excluding hydrogens is 248 g/mol. The zero-order valence-electron chi connectivity index (χ0n) is 12.6. The summed E-state index contributed by atoms with van der Waals surface area (Å²) in [4.78, 5) is 0. The van der Waals surface area contributed by atoms with Gasteiger partial charge in [-0.3, -0.25) is 0 Å². The van der Waals surface area contributed by atoms with Crippen LogP contribution in [0.2, 0.25) is 0 Å². The molecule has 1 aromatic carbocycles. The van der Waals surface area contributed by atoms with Crippen LogP contribution in [0.15, 0.2) is 43.5 Å². The van der Waals surface area contributed by atoms with Crippen LogP contribution in [0.25, 0.3) is 0 Å². The van der Waals surface area contributed by atoms with Gasteiger partial charge in [-0.1, -0.05) is 31.1 Å². The van der Waals surface area contributed by atoms with Gasteiger partial charge in [0.05, 0.1) is 13.7 Å². The molecule has 0 amide bonds. The summed E-state index contributed by atoms with van der Waals surface area (Å²) < 4.78 is 11.3. The van der Waals surface area contributed by atoms with E-state index in [1.54, 1.807) is 7.11 Å². The Morgan fingerprint density at radius 3 is 2.45 bits per heavy atom. The highest BCUT2D eigenvalue weighted by molar-refractivity contribution is 5.45. The largest absolute Gasteiger partial charge is 0.496 e. The predicted octanol–water partition coefficient (Wildman–Crippen LogP) is 4.94. The van der Waals surface area contributed by atoms with Crippen LogP contribution in [0.1, 0.15) is 37.7 Å². The van der Waals surface area contributed by atoms with Crippen molar-refractivity contribution >= 4 is 0 Å². The Morgan fingerprint density at radius 2 is 1.75 bits per heavy atom. The fourth-order valence-corrected chi connectivity index (χ4v) is 2.14. The average Bonchev–Trinajstić information content (AvgIpc) is 2.48. The Labute approximate surface area is 123 Å². The van der Waals surface area contributed by atoms with Crippen molar-refractivity contribution in [1.29, 1.82) is 0 Å². The number of methoxy groups -OCH3 is 1. The van der Waals surface area contributed by atoms with Crippen LogP contribution in [0, 0.1) is 0 Å². The number of unbranched alkanes of at least 4 members (excludes halogenated alkanes) is 4. The van der Waals surface area contributed by atoms with E-state index in [2.05, 4.69) is 13.2 Å². The third-order valence-electron chi connectivity index (χ3n) is 3.22. The molecule has 0 aliphatic heterocycles. The summed E-state index contributed by atoms with van der Waals surface area (Å²) >= 11 is 0. The molecule has 0 saturated heterocycles. The second-order valence-corrected chi connectivity index (χ2v) is 4.77. The number of hydrogen-bond donors (Lipinski definition) is 0. The lowest BCUT2D eigenvalue weighted by atomic mass is 10.1. The van der Waals surface area contributed by atoms with E-state index >= 15 is 0 Å². The van der Waals surface area contributed by atoms with Gasteiger partial charge < -0.3 is 9.47 Å². The second-order valence-electron chi connectivity index (χ2n) is 4.77. The van der Waals surface area contributed by atoms with Gasteiger partial charge in [-0.2, -0.15) is 0 Å². The number of allylic oxidation sites excluding steroid dienone is 2. The van der Waals surface area contributed by atoms with Crippen molar-refractivity contribution in [3.05, 3.63) is 49.1 Å². The molecule has 0 heterocycles. The number of hydrogen-bond acceptors (Lipinski definition) is 2. The maximum Gasteiger partial charge on any atom is 0.126 e. The van der Waals surface area contributed by atoms with Crippen LogP contribution in [-0.4, -0.2) is 13.7 Å². The van der Waals surface area contributed by atoms with Crippen molar-refractivity contribution in [3.63, 3.8) is 0 Å². The summed E-state index contributed by atoms with van der Waals surface area (Å²) in [5, 5.41) is 0. The number of benzene rings is 1. The van der Waals surface area contributed by atoms with Gasteiger partial charge in [0.15, 0.2) is 0 Å². The van der Waals surface area contributed by atoms with E-state index in [0.717, 1.165) is 42.9 Å². The molecule has 0 spiro atoms. The maximum absolute atomic E-state index is 5.89. The molecule has 0 atom stereocenters. The summed E-state index contributed by atoms with van der Waals surface area (Å²) in [6, 6.07) is 5.92. The Kier molecular flexibility index (Phi) is 8.28. The van der Waals surface area contributed by atoms with Crippen LogP contribution in [0.5, 0.6) is 11.5 Å². The van der Waals surface area contributed by atoms with Crippen LogP contribution in [0.3, 0.4) is 0 Å². The van der Waals surface area contributed by atoms with Gasteiger partial charge in [-0.15, -0.1) is 13.2 Å². The fourth-order valence-electron chi connectivity index (χ4n) is 2.14. The second kappa shape index (κ2) is 10.1. The topological polar surface area (TPSA) is 18.5 Å². The van der Waals surface area contributed by atoms with Crippen molar-refractivity contribution in [1.82, 2.24) is 0 Å². The van der Waals surface area contributed by atoms with Crippen molar-refractivity contribution < 1.29 is 9.47 Å². The lowest BCUT2D eigenvalue weighted by molar-refractivity contribution is 0.299. The van der Waals surface area contributed by atoms with Crippen molar-refractivity contribution in [2.75, 3.05) is 13.7 Å². The van der Waals surface area contributed by atoms with Crippen molar-refractivity contribution in [2.24, 2.45) is 0 Å². The minimum Gasteiger partial charge on any atom is -0.496 e. The fraction of sp³-hybridized carbons (Fsp3) is 0.444. The first-order valence-electron chi connectivity index (χ1n) is 7.34. The smallest absolute Gasteiger partial charge is 0.126 e. The van der Waals surface area contributed by atoms with Gasteiger partial charge in [0.2, 0.25) is 0 Å². The highest BCUT2D eigenvalue weighted by Crippen LogP contribution is 2.29. The minimum atomic E-state index is 0.755. The molecule has 110 valence electrons. The van der Waals surface area contributed by atoms with E-state index in [9.17, 15) is 0 Å². The zero-order valence-corrected chi connectivity index (χ0v) is 12.6. The Hall–Kier alpha value is -1.70. The molecule has 1 rings (SSSR count). The molecule has 0 fully saturated rings. The number of rotatable bonds is 11. The van der Waals surface area contributed by atoms with Crippen LogP contribution < -0.4 is 9.47 Å². The molecule has 0 aromatic heterocycles. The standard InChI is InChI=1S/C18H26O2/c1-4-6-7-8-9-10-15-20-18-14-11-13-17(19-3)16(18)12-5-2/h4-5,11,13-14H,1-2,6-10,12,15H2,3H3. The van der Waals surface area contributed by atoms with E-state index in [0.29, 0.717) is 0 Å². The van der Waals surface area contributed by atoms with Gasteiger partial charge in [-0.25, -0.2) is 0 Å². The molecule has 0 bridgehead atoms. The summed E-state index contributed by atoms with van der Waals surface area (Å²) in [7, 11) is 1.69. The first kappa shape index (κ1) is 16.4. The normalized spacial score (nSPS) is 10.1. The first-order valence-corrected chi connectivity index (χ1v) is 7.34. The first-order chi connectivity index (χ1) is 9.83. The molecule has 0 aliphatic carbocycles. The molecule has 0 unspecified atom stereocenters. The molecule has 2 heteroatoms. The molecule has 0 saturated carbocycles. The molecule has 1 aromatic rings. The van der Waals surface area contributed by atoms with Gasteiger partial charge in [-0.05, 0) is 37.8 Å². The highest BCUT2D eigenvalue weighted by atomic mass is 16.5. The predicted molar refractivity (Wildman–Crippen MR) is 85.7 cm³/mol. The van der Waals surface area contributed by atoms with Gasteiger partial charge in [0.25, 0.3) is 0 Å². The summed E-state index contributed by atoms with van der Waals surface area (Å²) in [5.41, 5.74) is 1.08. The molecule has 2 nitrogen and oxygen atoms in total. The minimum absolute atomic E-state index is 0.755. The quantitative estimate of drug-likeness (QED) is 0.420.